The Labute approximate surface area is 254 Å². The Morgan fingerprint density at radius 1 is 1.00 bits per heavy atom. The summed E-state index contributed by atoms with van der Waals surface area (Å²) >= 11 is 0. The van der Waals surface area contributed by atoms with Crippen molar-refractivity contribution in [2.24, 2.45) is 5.92 Å². The third-order valence-electron chi connectivity index (χ3n) is 9.04. The van der Waals surface area contributed by atoms with E-state index in [0.717, 1.165) is 80.8 Å². The molecule has 3 aromatic rings. The van der Waals surface area contributed by atoms with Crippen molar-refractivity contribution in [3.05, 3.63) is 66.5 Å². The highest BCUT2D eigenvalue weighted by atomic mass is 16.5. The molecular formula is C34H44N6O3. The van der Waals surface area contributed by atoms with Crippen LogP contribution in [0.1, 0.15) is 45.1 Å². The van der Waals surface area contributed by atoms with Gasteiger partial charge in [0.25, 0.3) is 5.91 Å². The van der Waals surface area contributed by atoms with Crippen LogP contribution in [0.5, 0.6) is 5.75 Å². The quantitative estimate of drug-likeness (QED) is 0.401. The predicted octanol–water partition coefficient (Wildman–Crippen LogP) is 4.42. The van der Waals surface area contributed by atoms with Gasteiger partial charge < -0.3 is 24.3 Å². The number of hydrogen-bond acceptors (Lipinski definition) is 6. The SMILES string of the molecule is CN1CCN(C(=O)C(C)(C)Oc2cccc(N3CCC[C@@H](C(=O)N(Cc4ccc(-c5cn[nH]c5)cc4)C4CC4)C3)c2)CC1. The van der Waals surface area contributed by atoms with E-state index >= 15 is 0 Å². The molecule has 43 heavy (non-hydrogen) atoms. The molecule has 3 fully saturated rings. The molecule has 1 atom stereocenters. The maximum Gasteiger partial charge on any atom is 0.266 e. The molecule has 2 saturated heterocycles. The molecular weight excluding hydrogens is 540 g/mol. The normalized spacial score (nSPS) is 19.7. The lowest BCUT2D eigenvalue weighted by Crippen LogP contribution is -2.55. The Balaban J connectivity index is 1.09. The van der Waals surface area contributed by atoms with E-state index in [-0.39, 0.29) is 17.7 Å². The first kappa shape index (κ1) is 29.2. The van der Waals surface area contributed by atoms with Gasteiger partial charge in [0.2, 0.25) is 5.91 Å². The van der Waals surface area contributed by atoms with Gasteiger partial charge in [-0.25, -0.2) is 0 Å². The molecule has 1 aromatic heterocycles. The molecule has 0 bridgehead atoms. The van der Waals surface area contributed by atoms with E-state index in [1.165, 1.54) is 0 Å². The molecule has 2 amide bonds. The van der Waals surface area contributed by atoms with Gasteiger partial charge in [0.05, 0.1) is 12.1 Å². The number of aromatic nitrogens is 2. The minimum atomic E-state index is -0.962. The number of aromatic amines is 1. The zero-order valence-electron chi connectivity index (χ0n) is 25.7. The van der Waals surface area contributed by atoms with Crippen molar-refractivity contribution in [2.45, 2.75) is 57.7 Å². The number of H-pyrrole nitrogens is 1. The van der Waals surface area contributed by atoms with E-state index in [2.05, 4.69) is 62.3 Å². The Morgan fingerprint density at radius 3 is 2.47 bits per heavy atom. The molecule has 3 aliphatic rings. The van der Waals surface area contributed by atoms with Crippen LogP contribution < -0.4 is 9.64 Å². The molecule has 0 radical (unpaired) electrons. The smallest absolute Gasteiger partial charge is 0.266 e. The summed E-state index contributed by atoms with van der Waals surface area (Å²) in [6, 6.07) is 16.8. The number of piperazine rings is 1. The highest BCUT2D eigenvalue weighted by molar-refractivity contribution is 5.85. The Bertz CT molecular complexity index is 1390. The largest absolute Gasteiger partial charge is 0.478 e. The van der Waals surface area contributed by atoms with E-state index < -0.39 is 5.60 Å². The summed E-state index contributed by atoms with van der Waals surface area (Å²) < 4.78 is 6.31. The van der Waals surface area contributed by atoms with Gasteiger partial charge in [-0.05, 0) is 69.8 Å². The van der Waals surface area contributed by atoms with Crippen LogP contribution in [-0.2, 0) is 16.1 Å². The summed E-state index contributed by atoms with van der Waals surface area (Å²) in [4.78, 5) is 35.8. The second-order valence-electron chi connectivity index (χ2n) is 12.9. The fourth-order valence-electron chi connectivity index (χ4n) is 6.30. The van der Waals surface area contributed by atoms with Crippen LogP contribution in [0.2, 0.25) is 0 Å². The molecule has 6 rings (SSSR count). The van der Waals surface area contributed by atoms with Crippen molar-refractivity contribution in [1.29, 1.82) is 0 Å². The fraction of sp³-hybridized carbons (Fsp3) is 0.500. The molecule has 3 heterocycles. The highest BCUT2D eigenvalue weighted by Gasteiger charge is 2.38. The molecule has 9 nitrogen and oxygen atoms in total. The lowest BCUT2D eigenvalue weighted by Gasteiger charge is -2.38. The lowest BCUT2D eigenvalue weighted by molar-refractivity contribution is -0.147. The molecule has 0 spiro atoms. The Hall–Kier alpha value is -3.85. The van der Waals surface area contributed by atoms with Crippen LogP contribution in [0.3, 0.4) is 0 Å². The highest BCUT2D eigenvalue weighted by Crippen LogP contribution is 2.34. The Morgan fingerprint density at radius 2 is 1.77 bits per heavy atom. The maximum atomic E-state index is 13.9. The van der Waals surface area contributed by atoms with E-state index in [1.807, 2.05) is 49.3 Å². The minimum absolute atomic E-state index is 0.0194. The summed E-state index contributed by atoms with van der Waals surface area (Å²) in [5.41, 5.74) is 3.40. The summed E-state index contributed by atoms with van der Waals surface area (Å²) in [7, 11) is 2.08. The maximum absolute atomic E-state index is 13.9. The van der Waals surface area contributed by atoms with Gasteiger partial charge in [0.1, 0.15) is 5.75 Å². The molecule has 1 N–H and O–H groups in total. The zero-order valence-corrected chi connectivity index (χ0v) is 25.7. The van der Waals surface area contributed by atoms with Crippen molar-refractivity contribution in [3.63, 3.8) is 0 Å². The van der Waals surface area contributed by atoms with E-state index in [9.17, 15) is 9.59 Å². The van der Waals surface area contributed by atoms with E-state index in [4.69, 9.17) is 4.74 Å². The monoisotopic (exact) mass is 584 g/mol. The summed E-state index contributed by atoms with van der Waals surface area (Å²) in [5.74, 6) is 0.916. The molecule has 1 saturated carbocycles. The summed E-state index contributed by atoms with van der Waals surface area (Å²) in [6.07, 6.45) is 7.74. The number of nitrogens with zero attached hydrogens (tertiary/aromatic N) is 5. The molecule has 228 valence electrons. The molecule has 9 heteroatoms. The first-order valence-corrected chi connectivity index (χ1v) is 15.7. The molecule has 2 aliphatic heterocycles. The van der Waals surface area contributed by atoms with Crippen LogP contribution >= 0.6 is 0 Å². The average Bonchev–Trinajstić information content (AvgIpc) is 3.72. The predicted molar refractivity (Wildman–Crippen MR) is 168 cm³/mol. The third kappa shape index (κ3) is 6.88. The fourth-order valence-corrected chi connectivity index (χ4v) is 6.30. The van der Waals surface area contributed by atoms with Crippen molar-refractivity contribution in [1.82, 2.24) is 24.9 Å². The number of piperidine rings is 1. The van der Waals surface area contributed by atoms with Gasteiger partial charge in [-0.15, -0.1) is 0 Å². The number of likely N-dealkylation sites (N-methyl/N-ethyl adjacent to an activating group) is 1. The molecule has 0 unspecified atom stereocenters. The van der Waals surface area contributed by atoms with Crippen LogP contribution in [0.4, 0.5) is 5.69 Å². The Kier molecular flexibility index (Phi) is 8.43. The van der Waals surface area contributed by atoms with Crippen LogP contribution in [0.25, 0.3) is 11.1 Å². The standard InChI is InChI=1S/C34H44N6O3/c1-34(2,33(42)38-18-16-37(3)17-19-38)43-31-8-4-7-30(20-31)39-15-5-6-27(24-39)32(41)40(29-13-14-29)23-25-9-11-26(12-10-25)28-21-35-36-22-28/h4,7-12,20-22,27,29H,5-6,13-19,23-24H2,1-3H3,(H,35,36)/t27-/m1/s1. The molecule has 1 aliphatic carbocycles. The number of amides is 2. The number of ether oxygens (including phenoxy) is 1. The van der Waals surface area contributed by atoms with Gasteiger partial charge in [-0.3, -0.25) is 14.7 Å². The van der Waals surface area contributed by atoms with Gasteiger partial charge in [-0.2, -0.15) is 5.10 Å². The summed E-state index contributed by atoms with van der Waals surface area (Å²) in [6.45, 7) is 9.14. The van der Waals surface area contributed by atoms with Crippen LogP contribution in [0.15, 0.2) is 60.9 Å². The second-order valence-corrected chi connectivity index (χ2v) is 12.9. The second kappa shape index (κ2) is 12.4. The topological polar surface area (TPSA) is 85.0 Å². The zero-order chi connectivity index (χ0) is 30.0. The van der Waals surface area contributed by atoms with Crippen LogP contribution in [-0.4, -0.2) is 94.7 Å². The first-order chi connectivity index (χ1) is 20.8. The first-order valence-electron chi connectivity index (χ1n) is 15.7. The van der Waals surface area contributed by atoms with Crippen LogP contribution in [0, 0.1) is 5.92 Å². The van der Waals surface area contributed by atoms with Crippen molar-refractivity contribution >= 4 is 17.5 Å². The van der Waals surface area contributed by atoms with Crippen molar-refractivity contribution in [3.8, 4) is 16.9 Å². The number of carbonyl (C=O) groups excluding carboxylic acids is 2. The van der Waals surface area contributed by atoms with Crippen molar-refractivity contribution < 1.29 is 14.3 Å². The lowest BCUT2D eigenvalue weighted by atomic mass is 9.95. The number of benzene rings is 2. The number of hydrogen-bond donors (Lipinski definition) is 1. The van der Waals surface area contributed by atoms with Gasteiger partial charge in [0, 0.05) is 75.4 Å². The third-order valence-corrected chi connectivity index (χ3v) is 9.04. The number of nitrogens with one attached hydrogen (secondary N) is 1. The van der Waals surface area contributed by atoms with Crippen molar-refractivity contribution in [2.75, 3.05) is 51.2 Å². The van der Waals surface area contributed by atoms with E-state index in [1.54, 1.807) is 0 Å². The number of rotatable bonds is 9. The van der Waals surface area contributed by atoms with Gasteiger partial charge >= 0.3 is 0 Å². The average molecular weight is 585 g/mol. The molecule has 2 aromatic carbocycles. The summed E-state index contributed by atoms with van der Waals surface area (Å²) in [5, 5.41) is 6.91. The van der Waals surface area contributed by atoms with E-state index in [0.29, 0.717) is 24.9 Å². The van der Waals surface area contributed by atoms with Gasteiger partial charge in [0.15, 0.2) is 5.60 Å². The van der Waals surface area contributed by atoms with Gasteiger partial charge in [-0.1, -0.05) is 30.3 Å². The number of carbonyl (C=O) groups is 2. The minimum Gasteiger partial charge on any atom is -0.478 e. The number of anilines is 1.